The van der Waals surface area contributed by atoms with Gasteiger partial charge in [-0.2, -0.15) is 5.10 Å². The minimum absolute atomic E-state index is 0.125. The molecule has 0 bridgehead atoms. The number of allylic oxidation sites excluding steroid dienone is 1. The van der Waals surface area contributed by atoms with E-state index in [4.69, 9.17) is 0 Å². The first-order chi connectivity index (χ1) is 12.2. The Morgan fingerprint density at radius 3 is 2.52 bits per heavy atom. The van der Waals surface area contributed by atoms with Gasteiger partial charge in [-0.15, -0.1) is 0 Å². The maximum Gasteiger partial charge on any atom is 0.244 e. The Labute approximate surface area is 147 Å². The largest absolute Gasteiger partial charge is 0.273 e. The summed E-state index contributed by atoms with van der Waals surface area (Å²) in [5, 5.41) is 6.29. The van der Waals surface area contributed by atoms with Crippen LogP contribution in [0.2, 0.25) is 0 Å². The van der Waals surface area contributed by atoms with E-state index >= 15 is 0 Å². The topological polar surface area (TPSA) is 41.5 Å². The highest BCUT2D eigenvalue weighted by Gasteiger charge is 2.05. The summed E-state index contributed by atoms with van der Waals surface area (Å²) in [6.45, 7) is 1.95. The van der Waals surface area contributed by atoms with Crippen LogP contribution in [-0.2, 0) is 11.2 Å². The Morgan fingerprint density at radius 1 is 0.960 bits per heavy atom. The molecule has 3 heteroatoms. The molecule has 0 saturated heterocycles. The van der Waals surface area contributed by atoms with E-state index in [1.807, 2.05) is 85.8 Å². The smallest absolute Gasteiger partial charge is 0.244 e. The van der Waals surface area contributed by atoms with Crippen LogP contribution in [-0.4, -0.2) is 12.1 Å². The third-order valence-corrected chi connectivity index (χ3v) is 3.88. The van der Waals surface area contributed by atoms with Gasteiger partial charge in [-0.3, -0.25) is 4.79 Å². The minimum atomic E-state index is -0.125. The van der Waals surface area contributed by atoms with Crippen molar-refractivity contribution in [2.75, 3.05) is 0 Å². The predicted octanol–water partition coefficient (Wildman–Crippen LogP) is 4.59. The summed E-state index contributed by atoms with van der Waals surface area (Å²) in [7, 11) is 0. The molecule has 1 N–H and O–H groups in total. The molecule has 0 aliphatic carbocycles. The fraction of sp³-hybridized carbons (Fsp3) is 0.0909. The molecule has 1 amide bonds. The van der Waals surface area contributed by atoms with Crippen molar-refractivity contribution >= 4 is 29.0 Å². The Kier molecular flexibility index (Phi) is 5.37. The molecule has 0 aromatic heterocycles. The molecule has 0 saturated carbocycles. The van der Waals surface area contributed by atoms with E-state index in [0.29, 0.717) is 6.42 Å². The molecule has 3 nitrogen and oxygen atoms in total. The number of rotatable bonds is 5. The molecule has 0 aliphatic rings. The molecule has 0 spiro atoms. The van der Waals surface area contributed by atoms with Gasteiger partial charge in [-0.25, -0.2) is 5.43 Å². The van der Waals surface area contributed by atoms with Crippen LogP contribution in [0.3, 0.4) is 0 Å². The lowest BCUT2D eigenvalue weighted by atomic mass is 10.0. The van der Waals surface area contributed by atoms with Gasteiger partial charge in [0.05, 0.1) is 12.6 Å². The second-order valence-corrected chi connectivity index (χ2v) is 5.91. The molecule has 3 rings (SSSR count). The number of nitrogens with one attached hydrogen (secondary N) is 1. The Balaban J connectivity index is 1.62. The van der Waals surface area contributed by atoms with Crippen LogP contribution < -0.4 is 5.43 Å². The number of fused-ring (bicyclic) bond motifs is 1. The molecule has 0 heterocycles. The van der Waals surface area contributed by atoms with Gasteiger partial charge in [0.2, 0.25) is 5.91 Å². The predicted molar refractivity (Wildman–Crippen MR) is 104 cm³/mol. The van der Waals surface area contributed by atoms with Crippen molar-refractivity contribution < 1.29 is 4.79 Å². The van der Waals surface area contributed by atoms with Crippen molar-refractivity contribution in [2.45, 2.75) is 13.3 Å². The van der Waals surface area contributed by atoms with E-state index in [0.717, 1.165) is 27.5 Å². The summed E-state index contributed by atoms with van der Waals surface area (Å²) in [6, 6.07) is 24.1. The van der Waals surface area contributed by atoms with Crippen LogP contribution in [0.25, 0.3) is 16.8 Å². The maximum atomic E-state index is 12.2. The Bertz CT molecular complexity index is 922. The van der Waals surface area contributed by atoms with Crippen molar-refractivity contribution in [2.24, 2.45) is 5.10 Å². The summed E-state index contributed by atoms with van der Waals surface area (Å²) in [6.07, 6.45) is 3.98. The molecule has 0 aliphatic heterocycles. The molecule has 3 aromatic carbocycles. The maximum absolute atomic E-state index is 12.2. The highest BCUT2D eigenvalue weighted by Crippen LogP contribution is 2.18. The lowest BCUT2D eigenvalue weighted by molar-refractivity contribution is -0.120. The summed E-state index contributed by atoms with van der Waals surface area (Å²) in [4.78, 5) is 12.2. The van der Waals surface area contributed by atoms with Gasteiger partial charge < -0.3 is 0 Å². The van der Waals surface area contributed by atoms with Crippen molar-refractivity contribution in [1.82, 2.24) is 5.43 Å². The number of amides is 1. The molecule has 124 valence electrons. The number of carbonyl (C=O) groups excluding carboxylic acids is 1. The summed E-state index contributed by atoms with van der Waals surface area (Å²) in [5.74, 6) is -0.125. The fourth-order valence-corrected chi connectivity index (χ4v) is 2.71. The van der Waals surface area contributed by atoms with E-state index in [1.165, 1.54) is 0 Å². The highest BCUT2D eigenvalue weighted by molar-refractivity contribution is 5.91. The first-order valence-electron chi connectivity index (χ1n) is 8.24. The molecular weight excluding hydrogens is 308 g/mol. The number of carbonyl (C=O) groups is 1. The third-order valence-electron chi connectivity index (χ3n) is 3.88. The molecule has 25 heavy (non-hydrogen) atoms. The minimum Gasteiger partial charge on any atom is -0.273 e. The van der Waals surface area contributed by atoms with Crippen molar-refractivity contribution in [3.63, 3.8) is 0 Å². The number of hydrogen-bond acceptors (Lipinski definition) is 2. The van der Waals surface area contributed by atoms with Crippen molar-refractivity contribution in [3.05, 3.63) is 89.5 Å². The summed E-state index contributed by atoms with van der Waals surface area (Å²) in [5.41, 5.74) is 5.68. The first kappa shape index (κ1) is 16.7. The van der Waals surface area contributed by atoms with E-state index in [9.17, 15) is 4.79 Å². The van der Waals surface area contributed by atoms with Gasteiger partial charge in [-0.05, 0) is 34.4 Å². The SMILES string of the molecule is CC(/C=N\NC(=O)Cc1cccc2ccccc12)=C/c1ccccc1. The van der Waals surface area contributed by atoms with E-state index in [-0.39, 0.29) is 5.91 Å². The van der Waals surface area contributed by atoms with Gasteiger partial charge in [-0.1, -0.05) is 78.9 Å². The van der Waals surface area contributed by atoms with Gasteiger partial charge >= 0.3 is 0 Å². The number of hydrogen-bond donors (Lipinski definition) is 1. The molecular formula is C22H20N2O. The molecule has 0 radical (unpaired) electrons. The molecule has 0 atom stereocenters. The standard InChI is InChI=1S/C22H20N2O/c1-17(14-18-8-3-2-4-9-18)16-23-24-22(25)15-20-12-7-11-19-10-5-6-13-21(19)20/h2-14,16H,15H2,1H3,(H,24,25)/b17-14-,23-16-. The van der Waals surface area contributed by atoms with Crippen molar-refractivity contribution in [3.8, 4) is 0 Å². The Hall–Kier alpha value is -3.20. The van der Waals surface area contributed by atoms with E-state index in [2.05, 4.69) is 10.5 Å². The van der Waals surface area contributed by atoms with Crippen LogP contribution in [0.1, 0.15) is 18.1 Å². The van der Waals surface area contributed by atoms with E-state index in [1.54, 1.807) is 6.21 Å². The van der Waals surface area contributed by atoms with Crippen LogP contribution in [0.5, 0.6) is 0 Å². The first-order valence-corrected chi connectivity index (χ1v) is 8.24. The van der Waals surface area contributed by atoms with Gasteiger partial charge in [0.1, 0.15) is 0 Å². The van der Waals surface area contributed by atoms with Gasteiger partial charge in [0.25, 0.3) is 0 Å². The average molecular weight is 328 g/mol. The van der Waals surface area contributed by atoms with E-state index < -0.39 is 0 Å². The third kappa shape index (κ3) is 4.64. The zero-order valence-corrected chi connectivity index (χ0v) is 14.1. The second kappa shape index (κ2) is 8.06. The highest BCUT2D eigenvalue weighted by atomic mass is 16.2. The van der Waals surface area contributed by atoms with Crippen LogP contribution in [0.15, 0.2) is 83.5 Å². The molecule has 3 aromatic rings. The summed E-state index contributed by atoms with van der Waals surface area (Å²) >= 11 is 0. The second-order valence-electron chi connectivity index (χ2n) is 5.91. The zero-order chi connectivity index (χ0) is 17.5. The van der Waals surface area contributed by atoms with Crippen molar-refractivity contribution in [1.29, 1.82) is 0 Å². The zero-order valence-electron chi connectivity index (χ0n) is 14.1. The Morgan fingerprint density at radius 2 is 1.68 bits per heavy atom. The summed E-state index contributed by atoms with van der Waals surface area (Å²) < 4.78 is 0. The fourth-order valence-electron chi connectivity index (χ4n) is 2.71. The van der Waals surface area contributed by atoms with Gasteiger partial charge in [0.15, 0.2) is 0 Å². The number of hydrazone groups is 1. The van der Waals surface area contributed by atoms with Gasteiger partial charge in [0, 0.05) is 0 Å². The molecule has 0 unspecified atom stereocenters. The lowest BCUT2D eigenvalue weighted by Gasteiger charge is -2.05. The number of benzene rings is 3. The normalized spacial score (nSPS) is 11.8. The quantitative estimate of drug-likeness (QED) is 0.540. The number of nitrogens with zero attached hydrogens (tertiary/aromatic N) is 1. The monoisotopic (exact) mass is 328 g/mol. The van der Waals surface area contributed by atoms with Crippen LogP contribution in [0, 0.1) is 0 Å². The lowest BCUT2D eigenvalue weighted by Crippen LogP contribution is -2.19. The molecule has 0 fully saturated rings. The van der Waals surface area contributed by atoms with Crippen LogP contribution >= 0.6 is 0 Å². The van der Waals surface area contributed by atoms with Crippen LogP contribution in [0.4, 0.5) is 0 Å². The average Bonchev–Trinajstić information content (AvgIpc) is 2.63.